The van der Waals surface area contributed by atoms with Crippen molar-refractivity contribution in [3.8, 4) is 0 Å². The number of amides is 1. The number of rotatable bonds is 4. The fourth-order valence-electron chi connectivity index (χ4n) is 0.994. The van der Waals surface area contributed by atoms with Crippen molar-refractivity contribution in [1.29, 1.82) is 0 Å². The Balaban J connectivity index is 2.67. The van der Waals surface area contributed by atoms with Crippen molar-refractivity contribution in [2.24, 2.45) is 0 Å². The first kappa shape index (κ1) is 11.0. The van der Waals surface area contributed by atoms with Crippen LogP contribution in [0, 0.1) is 0 Å². The van der Waals surface area contributed by atoms with Gasteiger partial charge in [0.1, 0.15) is 6.61 Å². The molecular formula is C11H11NO3. The van der Waals surface area contributed by atoms with Gasteiger partial charge in [0.2, 0.25) is 0 Å². The number of nitrogens with one attached hydrogen (secondary N) is 1. The number of anilines is 1. The first-order chi connectivity index (χ1) is 7.27. The van der Waals surface area contributed by atoms with Crippen LogP contribution in [0.5, 0.6) is 0 Å². The molecule has 0 unspecified atom stereocenters. The first-order valence-electron chi connectivity index (χ1n) is 4.37. The average Bonchev–Trinajstić information content (AvgIpc) is 2.27. The summed E-state index contributed by atoms with van der Waals surface area (Å²) >= 11 is 0. The molecule has 0 aliphatic heterocycles. The molecule has 1 aromatic carbocycles. The molecule has 0 heterocycles. The van der Waals surface area contributed by atoms with Gasteiger partial charge in [0.25, 0.3) is 0 Å². The van der Waals surface area contributed by atoms with Crippen LogP contribution < -0.4 is 5.32 Å². The lowest BCUT2D eigenvalue weighted by atomic mass is 10.2. The van der Waals surface area contributed by atoms with Gasteiger partial charge in [-0.15, -0.1) is 0 Å². The number of hydrogen-bond donors (Lipinski definition) is 1. The third kappa shape index (κ3) is 3.27. The number of aldehydes is 1. The minimum Gasteiger partial charge on any atom is -0.445 e. The highest BCUT2D eigenvalue weighted by molar-refractivity contribution is 5.92. The Morgan fingerprint density at radius 1 is 1.47 bits per heavy atom. The van der Waals surface area contributed by atoms with Crippen molar-refractivity contribution in [3.05, 3.63) is 42.5 Å². The molecule has 1 aromatic rings. The zero-order chi connectivity index (χ0) is 11.1. The van der Waals surface area contributed by atoms with Gasteiger partial charge < -0.3 is 4.74 Å². The largest absolute Gasteiger partial charge is 0.445 e. The lowest BCUT2D eigenvalue weighted by Gasteiger charge is -2.06. The molecule has 78 valence electrons. The fourth-order valence-corrected chi connectivity index (χ4v) is 0.994. The van der Waals surface area contributed by atoms with Gasteiger partial charge in [-0.05, 0) is 12.1 Å². The van der Waals surface area contributed by atoms with E-state index in [-0.39, 0.29) is 6.61 Å². The van der Waals surface area contributed by atoms with E-state index in [4.69, 9.17) is 4.74 Å². The number of para-hydroxylation sites is 1. The lowest BCUT2D eigenvalue weighted by molar-refractivity contribution is 0.112. The Morgan fingerprint density at radius 2 is 2.20 bits per heavy atom. The molecule has 15 heavy (non-hydrogen) atoms. The number of hydrogen-bond acceptors (Lipinski definition) is 3. The van der Waals surface area contributed by atoms with E-state index in [1.165, 1.54) is 6.08 Å². The summed E-state index contributed by atoms with van der Waals surface area (Å²) in [6, 6.07) is 6.66. The summed E-state index contributed by atoms with van der Waals surface area (Å²) in [5.74, 6) is 0. The highest BCUT2D eigenvalue weighted by atomic mass is 16.5. The van der Waals surface area contributed by atoms with Crippen LogP contribution in [0.4, 0.5) is 10.5 Å². The van der Waals surface area contributed by atoms with Gasteiger partial charge in [-0.1, -0.05) is 24.8 Å². The van der Waals surface area contributed by atoms with Gasteiger partial charge in [0.15, 0.2) is 6.29 Å². The third-order valence-corrected chi connectivity index (χ3v) is 1.66. The summed E-state index contributed by atoms with van der Waals surface area (Å²) in [5, 5.41) is 2.46. The average molecular weight is 205 g/mol. The third-order valence-electron chi connectivity index (χ3n) is 1.66. The molecule has 0 spiro atoms. The summed E-state index contributed by atoms with van der Waals surface area (Å²) in [4.78, 5) is 21.8. The van der Waals surface area contributed by atoms with E-state index in [0.717, 1.165) is 0 Å². The molecule has 0 aliphatic rings. The summed E-state index contributed by atoms with van der Waals surface area (Å²) in [7, 11) is 0. The van der Waals surface area contributed by atoms with Crippen LogP contribution in [0.3, 0.4) is 0 Å². The maximum absolute atomic E-state index is 11.1. The molecular weight excluding hydrogens is 194 g/mol. The second kappa shape index (κ2) is 5.59. The second-order valence-electron chi connectivity index (χ2n) is 2.72. The second-order valence-corrected chi connectivity index (χ2v) is 2.72. The van der Waals surface area contributed by atoms with Crippen molar-refractivity contribution in [2.45, 2.75) is 0 Å². The van der Waals surface area contributed by atoms with Crippen molar-refractivity contribution < 1.29 is 14.3 Å². The number of carbonyl (C=O) groups excluding carboxylic acids is 2. The molecule has 0 fully saturated rings. The monoisotopic (exact) mass is 205 g/mol. The van der Waals surface area contributed by atoms with E-state index < -0.39 is 6.09 Å². The van der Waals surface area contributed by atoms with Crippen LogP contribution in [0.1, 0.15) is 10.4 Å². The van der Waals surface area contributed by atoms with Crippen LogP contribution in [0.15, 0.2) is 36.9 Å². The van der Waals surface area contributed by atoms with Crippen LogP contribution in [-0.4, -0.2) is 19.0 Å². The Kier molecular flexibility index (Phi) is 4.09. The van der Waals surface area contributed by atoms with Gasteiger partial charge in [0, 0.05) is 5.56 Å². The van der Waals surface area contributed by atoms with Gasteiger partial charge in [-0.2, -0.15) is 0 Å². The summed E-state index contributed by atoms with van der Waals surface area (Å²) in [5.41, 5.74) is 0.842. The van der Waals surface area contributed by atoms with E-state index in [0.29, 0.717) is 17.5 Å². The quantitative estimate of drug-likeness (QED) is 0.605. The minimum atomic E-state index is -0.607. The molecule has 1 amide bonds. The molecule has 4 nitrogen and oxygen atoms in total. The standard InChI is InChI=1S/C11H11NO3/c1-2-7-15-11(14)12-10-6-4-3-5-9(10)8-13/h2-6,8H,1,7H2,(H,12,14). The summed E-state index contributed by atoms with van der Waals surface area (Å²) in [6.45, 7) is 3.55. The Hall–Kier alpha value is -2.10. The predicted molar refractivity (Wildman–Crippen MR) is 57.0 cm³/mol. The highest BCUT2D eigenvalue weighted by Crippen LogP contribution is 2.12. The maximum atomic E-state index is 11.1. The van der Waals surface area contributed by atoms with Crippen molar-refractivity contribution in [2.75, 3.05) is 11.9 Å². The zero-order valence-corrected chi connectivity index (χ0v) is 8.10. The van der Waals surface area contributed by atoms with Crippen molar-refractivity contribution in [1.82, 2.24) is 0 Å². The van der Waals surface area contributed by atoms with E-state index in [1.807, 2.05) is 0 Å². The predicted octanol–water partition coefficient (Wildman–Crippen LogP) is 2.23. The van der Waals surface area contributed by atoms with E-state index in [1.54, 1.807) is 24.3 Å². The van der Waals surface area contributed by atoms with Gasteiger partial charge >= 0.3 is 6.09 Å². The molecule has 1 rings (SSSR count). The van der Waals surface area contributed by atoms with Gasteiger partial charge in [-0.3, -0.25) is 10.1 Å². The molecule has 0 bridgehead atoms. The number of benzene rings is 1. The molecule has 0 aromatic heterocycles. The zero-order valence-electron chi connectivity index (χ0n) is 8.10. The Bertz CT molecular complexity index is 374. The molecule has 0 atom stereocenters. The van der Waals surface area contributed by atoms with Crippen molar-refractivity contribution >= 4 is 18.1 Å². The van der Waals surface area contributed by atoms with Crippen LogP contribution >= 0.6 is 0 Å². The minimum absolute atomic E-state index is 0.134. The van der Waals surface area contributed by atoms with E-state index >= 15 is 0 Å². The molecule has 0 radical (unpaired) electrons. The first-order valence-corrected chi connectivity index (χ1v) is 4.37. The smallest absolute Gasteiger partial charge is 0.411 e. The van der Waals surface area contributed by atoms with Crippen LogP contribution in [-0.2, 0) is 4.74 Å². The number of ether oxygens (including phenoxy) is 1. The molecule has 1 N–H and O–H groups in total. The van der Waals surface area contributed by atoms with E-state index in [9.17, 15) is 9.59 Å². The van der Waals surface area contributed by atoms with E-state index in [2.05, 4.69) is 11.9 Å². The normalized spacial score (nSPS) is 9.07. The lowest BCUT2D eigenvalue weighted by Crippen LogP contribution is -2.14. The van der Waals surface area contributed by atoms with Gasteiger partial charge in [0.05, 0.1) is 5.69 Å². The maximum Gasteiger partial charge on any atom is 0.411 e. The van der Waals surface area contributed by atoms with Crippen LogP contribution in [0.25, 0.3) is 0 Å². The topological polar surface area (TPSA) is 55.4 Å². The SMILES string of the molecule is C=CCOC(=O)Nc1ccccc1C=O. The van der Waals surface area contributed by atoms with Crippen LogP contribution in [0.2, 0.25) is 0 Å². The number of carbonyl (C=O) groups is 2. The Labute approximate surface area is 87.6 Å². The fraction of sp³-hybridized carbons (Fsp3) is 0.0909. The molecule has 4 heteroatoms. The molecule has 0 saturated carbocycles. The van der Waals surface area contributed by atoms with Crippen molar-refractivity contribution in [3.63, 3.8) is 0 Å². The Morgan fingerprint density at radius 3 is 2.87 bits per heavy atom. The van der Waals surface area contributed by atoms with Gasteiger partial charge in [-0.25, -0.2) is 4.79 Å². The summed E-state index contributed by atoms with van der Waals surface area (Å²) in [6.07, 6.45) is 1.53. The molecule has 0 saturated heterocycles. The summed E-state index contributed by atoms with van der Waals surface area (Å²) < 4.78 is 4.71. The highest BCUT2D eigenvalue weighted by Gasteiger charge is 2.05. The molecule has 0 aliphatic carbocycles.